The van der Waals surface area contributed by atoms with Gasteiger partial charge in [-0.3, -0.25) is 4.79 Å². The molecule has 2 aromatic rings. The first-order valence-electron chi connectivity index (χ1n) is 6.88. The topological polar surface area (TPSA) is 41.5 Å². The highest BCUT2D eigenvalue weighted by Gasteiger charge is 2.13. The van der Waals surface area contributed by atoms with Crippen LogP contribution in [-0.4, -0.2) is 16.9 Å². The molecule has 1 amide bonds. The van der Waals surface area contributed by atoms with Crippen molar-refractivity contribution in [1.82, 2.24) is 5.43 Å². The van der Waals surface area contributed by atoms with E-state index in [4.69, 9.17) is 0 Å². The van der Waals surface area contributed by atoms with E-state index in [1.807, 2.05) is 37.3 Å². The number of nitrogens with zero attached hydrogens (tertiary/aromatic N) is 1. The van der Waals surface area contributed by atoms with Crippen molar-refractivity contribution in [3.63, 3.8) is 0 Å². The summed E-state index contributed by atoms with van der Waals surface area (Å²) in [7, 11) is 0. The van der Waals surface area contributed by atoms with Gasteiger partial charge in [0.1, 0.15) is 5.82 Å². The van der Waals surface area contributed by atoms with Gasteiger partial charge in [0.15, 0.2) is 0 Å². The SMILES string of the molecule is C/C(=N/NC(=O)[C@H](C)Sc1ccccc1)c1ccc(F)cc1. The van der Waals surface area contributed by atoms with Gasteiger partial charge in [-0.1, -0.05) is 30.3 Å². The average Bonchev–Trinajstić information content (AvgIpc) is 2.53. The predicted octanol–water partition coefficient (Wildman–Crippen LogP) is 3.85. The summed E-state index contributed by atoms with van der Waals surface area (Å²) in [6.07, 6.45) is 0. The second-order valence-corrected chi connectivity index (χ2v) is 6.17. The molecule has 114 valence electrons. The largest absolute Gasteiger partial charge is 0.272 e. The molecular formula is C17H17FN2OS. The molecule has 1 atom stereocenters. The van der Waals surface area contributed by atoms with E-state index >= 15 is 0 Å². The minimum Gasteiger partial charge on any atom is -0.272 e. The lowest BCUT2D eigenvalue weighted by atomic mass is 10.1. The van der Waals surface area contributed by atoms with Crippen LogP contribution in [0.2, 0.25) is 0 Å². The molecule has 0 bridgehead atoms. The van der Waals surface area contributed by atoms with E-state index in [-0.39, 0.29) is 17.0 Å². The van der Waals surface area contributed by atoms with Crippen LogP contribution in [0.5, 0.6) is 0 Å². The lowest BCUT2D eigenvalue weighted by Crippen LogP contribution is -2.27. The fourth-order valence-corrected chi connectivity index (χ4v) is 2.62. The van der Waals surface area contributed by atoms with Gasteiger partial charge in [-0.15, -0.1) is 11.8 Å². The molecule has 3 nitrogen and oxygen atoms in total. The summed E-state index contributed by atoms with van der Waals surface area (Å²) >= 11 is 1.47. The van der Waals surface area contributed by atoms with Gasteiger partial charge in [0.05, 0.1) is 11.0 Å². The van der Waals surface area contributed by atoms with Gasteiger partial charge in [-0.25, -0.2) is 9.82 Å². The summed E-state index contributed by atoms with van der Waals surface area (Å²) in [5.41, 5.74) is 3.95. The van der Waals surface area contributed by atoms with Crippen molar-refractivity contribution in [1.29, 1.82) is 0 Å². The number of carbonyl (C=O) groups excluding carboxylic acids is 1. The van der Waals surface area contributed by atoms with Crippen LogP contribution in [0.1, 0.15) is 19.4 Å². The zero-order valence-corrected chi connectivity index (χ0v) is 13.2. The molecule has 22 heavy (non-hydrogen) atoms. The quantitative estimate of drug-likeness (QED) is 0.517. The van der Waals surface area contributed by atoms with Crippen LogP contribution in [0.4, 0.5) is 4.39 Å². The molecule has 0 aliphatic heterocycles. The van der Waals surface area contributed by atoms with Gasteiger partial charge in [-0.2, -0.15) is 5.10 Å². The summed E-state index contributed by atoms with van der Waals surface area (Å²) < 4.78 is 12.9. The molecule has 2 aromatic carbocycles. The summed E-state index contributed by atoms with van der Waals surface area (Å²) in [6, 6.07) is 15.7. The van der Waals surface area contributed by atoms with Crippen molar-refractivity contribution in [2.75, 3.05) is 0 Å². The van der Waals surface area contributed by atoms with Crippen molar-refractivity contribution >= 4 is 23.4 Å². The molecule has 0 radical (unpaired) electrons. The number of thioether (sulfide) groups is 1. The van der Waals surface area contributed by atoms with Crippen molar-refractivity contribution < 1.29 is 9.18 Å². The number of hydrogen-bond donors (Lipinski definition) is 1. The number of nitrogens with one attached hydrogen (secondary N) is 1. The van der Waals surface area contributed by atoms with Gasteiger partial charge in [0, 0.05) is 4.90 Å². The molecule has 0 aromatic heterocycles. The first-order valence-corrected chi connectivity index (χ1v) is 7.76. The summed E-state index contributed by atoms with van der Waals surface area (Å²) in [4.78, 5) is 13.1. The maximum atomic E-state index is 12.9. The number of rotatable bonds is 5. The van der Waals surface area contributed by atoms with Crippen molar-refractivity contribution in [2.45, 2.75) is 24.0 Å². The van der Waals surface area contributed by atoms with Gasteiger partial charge in [0.25, 0.3) is 5.91 Å². The Balaban J connectivity index is 1.93. The summed E-state index contributed by atoms with van der Waals surface area (Å²) in [5.74, 6) is -0.469. The van der Waals surface area contributed by atoms with Gasteiger partial charge >= 0.3 is 0 Å². The molecule has 2 rings (SSSR count). The van der Waals surface area contributed by atoms with E-state index in [9.17, 15) is 9.18 Å². The standard InChI is InChI=1S/C17H17FN2OS/c1-12(14-8-10-15(18)11-9-14)19-20-17(21)13(2)22-16-6-4-3-5-7-16/h3-11,13H,1-2H3,(H,20,21)/b19-12-/t13-/m0/s1. The number of hydrazone groups is 1. The van der Waals surface area contributed by atoms with E-state index in [0.717, 1.165) is 10.5 Å². The number of carbonyl (C=O) groups is 1. The van der Waals surface area contributed by atoms with Gasteiger partial charge in [-0.05, 0) is 43.7 Å². The average molecular weight is 316 g/mol. The Morgan fingerprint density at radius 3 is 2.41 bits per heavy atom. The molecule has 0 heterocycles. The maximum Gasteiger partial charge on any atom is 0.253 e. The highest BCUT2D eigenvalue weighted by atomic mass is 32.2. The number of benzene rings is 2. The Labute approximate surface area is 133 Å². The van der Waals surface area contributed by atoms with Gasteiger partial charge in [0.2, 0.25) is 0 Å². The van der Waals surface area contributed by atoms with E-state index in [2.05, 4.69) is 10.5 Å². The molecule has 0 saturated carbocycles. The zero-order chi connectivity index (χ0) is 15.9. The van der Waals surface area contributed by atoms with Crippen molar-refractivity contribution in [3.05, 3.63) is 66.0 Å². The molecule has 0 aliphatic rings. The number of hydrogen-bond acceptors (Lipinski definition) is 3. The number of amides is 1. The van der Waals surface area contributed by atoms with Crippen LogP contribution in [0.25, 0.3) is 0 Å². The Hall–Kier alpha value is -2.14. The Bertz CT molecular complexity index is 656. The molecule has 0 unspecified atom stereocenters. The van der Waals surface area contributed by atoms with Crippen LogP contribution < -0.4 is 5.43 Å². The third-order valence-corrected chi connectivity index (χ3v) is 4.13. The maximum absolute atomic E-state index is 12.9. The number of halogens is 1. The Morgan fingerprint density at radius 1 is 1.14 bits per heavy atom. The van der Waals surface area contributed by atoms with Crippen LogP contribution in [0.15, 0.2) is 64.6 Å². The summed E-state index contributed by atoms with van der Waals surface area (Å²) in [6.45, 7) is 3.60. The highest BCUT2D eigenvalue weighted by molar-refractivity contribution is 8.00. The fraction of sp³-hybridized carbons (Fsp3) is 0.176. The third kappa shape index (κ3) is 4.70. The van der Waals surface area contributed by atoms with Crippen molar-refractivity contribution in [2.24, 2.45) is 5.10 Å². The summed E-state index contributed by atoms with van der Waals surface area (Å²) in [5, 5.41) is 3.81. The molecule has 5 heteroatoms. The van der Waals surface area contributed by atoms with E-state index in [1.165, 1.54) is 23.9 Å². The van der Waals surface area contributed by atoms with Gasteiger partial charge < -0.3 is 0 Å². The molecule has 0 saturated heterocycles. The molecule has 0 fully saturated rings. The van der Waals surface area contributed by atoms with Crippen LogP contribution in [0, 0.1) is 5.82 Å². The minimum atomic E-state index is -0.298. The first kappa shape index (κ1) is 16.2. The lowest BCUT2D eigenvalue weighted by Gasteiger charge is -2.10. The third-order valence-electron chi connectivity index (χ3n) is 3.02. The zero-order valence-electron chi connectivity index (χ0n) is 12.4. The van der Waals surface area contributed by atoms with E-state index in [1.54, 1.807) is 19.1 Å². The smallest absolute Gasteiger partial charge is 0.253 e. The van der Waals surface area contributed by atoms with Crippen molar-refractivity contribution in [3.8, 4) is 0 Å². The van der Waals surface area contributed by atoms with Crippen LogP contribution in [0.3, 0.4) is 0 Å². The molecule has 0 aliphatic carbocycles. The first-order chi connectivity index (χ1) is 10.6. The van der Waals surface area contributed by atoms with Crippen LogP contribution >= 0.6 is 11.8 Å². The molecule has 1 N–H and O–H groups in total. The predicted molar refractivity (Wildman–Crippen MR) is 88.5 cm³/mol. The molecular weight excluding hydrogens is 299 g/mol. The second-order valence-electron chi connectivity index (χ2n) is 4.75. The van der Waals surface area contributed by atoms with E-state index < -0.39 is 0 Å². The minimum absolute atomic E-state index is 0.171. The monoisotopic (exact) mass is 316 g/mol. The van der Waals surface area contributed by atoms with E-state index in [0.29, 0.717) is 5.71 Å². The van der Waals surface area contributed by atoms with Crippen LogP contribution in [-0.2, 0) is 4.79 Å². The highest BCUT2D eigenvalue weighted by Crippen LogP contribution is 2.22. The Kier molecular flexibility index (Phi) is 5.72. The fourth-order valence-electron chi connectivity index (χ4n) is 1.74. The second kappa shape index (κ2) is 7.75. The normalized spacial score (nSPS) is 12.8. The lowest BCUT2D eigenvalue weighted by molar-refractivity contribution is -0.120. The molecule has 0 spiro atoms. The Morgan fingerprint density at radius 2 is 1.77 bits per heavy atom.